The van der Waals surface area contributed by atoms with Crippen LogP contribution in [0.3, 0.4) is 0 Å². The topological polar surface area (TPSA) is 59.8 Å². The van der Waals surface area contributed by atoms with E-state index in [0.717, 1.165) is 46.5 Å². The van der Waals surface area contributed by atoms with E-state index in [2.05, 4.69) is 36.5 Å². The Hall–Kier alpha value is -3.47. The Balaban J connectivity index is 1.42. The fourth-order valence-corrected chi connectivity index (χ4v) is 4.32. The lowest BCUT2D eigenvalue weighted by atomic mass is 9.99. The van der Waals surface area contributed by atoms with E-state index in [4.69, 9.17) is 10.1 Å². The summed E-state index contributed by atoms with van der Waals surface area (Å²) in [6.45, 7) is 6.87. The van der Waals surface area contributed by atoms with Crippen molar-refractivity contribution in [2.45, 2.75) is 46.5 Å². The van der Waals surface area contributed by atoms with Gasteiger partial charge in [0.2, 0.25) is 5.91 Å². The molecule has 164 valence electrons. The molecule has 0 saturated carbocycles. The smallest absolute Gasteiger partial charge is 0.220 e. The zero-order chi connectivity index (χ0) is 22.5. The molecule has 0 saturated heterocycles. The number of benzene rings is 2. The second-order valence-electron chi connectivity index (χ2n) is 8.27. The number of aromatic nitrogens is 3. The van der Waals surface area contributed by atoms with Crippen molar-refractivity contribution in [2.24, 2.45) is 0 Å². The van der Waals surface area contributed by atoms with Gasteiger partial charge >= 0.3 is 0 Å². The molecule has 4 rings (SSSR count). The van der Waals surface area contributed by atoms with E-state index in [9.17, 15) is 4.79 Å². The van der Waals surface area contributed by atoms with E-state index in [-0.39, 0.29) is 5.91 Å². The molecule has 5 heteroatoms. The Morgan fingerprint density at radius 1 is 0.906 bits per heavy atom. The molecule has 32 heavy (non-hydrogen) atoms. The highest BCUT2D eigenvalue weighted by Gasteiger charge is 2.18. The molecule has 0 spiro atoms. The van der Waals surface area contributed by atoms with Crippen LogP contribution in [-0.4, -0.2) is 27.2 Å². The van der Waals surface area contributed by atoms with E-state index in [1.54, 1.807) is 0 Å². The molecule has 1 N–H and O–H groups in total. The van der Waals surface area contributed by atoms with Crippen LogP contribution in [0.25, 0.3) is 16.7 Å². The van der Waals surface area contributed by atoms with Crippen molar-refractivity contribution in [1.29, 1.82) is 0 Å². The molecule has 4 aromatic rings. The molecule has 1 amide bonds. The number of carbonyl (C=O) groups is 1. The van der Waals surface area contributed by atoms with Crippen molar-refractivity contribution in [2.75, 3.05) is 6.54 Å². The largest absolute Gasteiger partial charge is 0.356 e. The summed E-state index contributed by atoms with van der Waals surface area (Å²) in [5.41, 5.74) is 7.41. The summed E-state index contributed by atoms with van der Waals surface area (Å²) in [4.78, 5) is 17.3. The number of hydrogen-bond acceptors (Lipinski definition) is 3. The highest BCUT2D eigenvalue weighted by Crippen LogP contribution is 2.28. The van der Waals surface area contributed by atoms with Gasteiger partial charge in [-0.2, -0.15) is 5.10 Å². The SMILES string of the molecule is Cc1nc2c(c(C)nn2-c2ccccc2)c(C)c1CCC(=O)NCCCc1ccccc1. The minimum absolute atomic E-state index is 0.0914. The van der Waals surface area contributed by atoms with Gasteiger partial charge in [-0.25, -0.2) is 9.67 Å². The number of aryl methyl sites for hydroxylation is 4. The second-order valence-corrected chi connectivity index (χ2v) is 8.27. The zero-order valence-corrected chi connectivity index (χ0v) is 19.1. The molecule has 0 aliphatic heterocycles. The first kappa shape index (κ1) is 21.8. The highest BCUT2D eigenvalue weighted by molar-refractivity contribution is 5.85. The van der Waals surface area contributed by atoms with Crippen LogP contribution in [0, 0.1) is 20.8 Å². The average Bonchev–Trinajstić information content (AvgIpc) is 3.14. The van der Waals surface area contributed by atoms with Crippen LogP contribution >= 0.6 is 0 Å². The maximum atomic E-state index is 12.4. The molecule has 0 bridgehead atoms. The lowest BCUT2D eigenvalue weighted by Gasteiger charge is -2.12. The van der Waals surface area contributed by atoms with E-state index >= 15 is 0 Å². The Morgan fingerprint density at radius 2 is 1.59 bits per heavy atom. The first-order valence-corrected chi connectivity index (χ1v) is 11.3. The number of nitrogens with zero attached hydrogens (tertiary/aromatic N) is 3. The maximum absolute atomic E-state index is 12.4. The Bertz CT molecular complexity index is 1210. The van der Waals surface area contributed by atoms with Crippen LogP contribution in [0.15, 0.2) is 60.7 Å². The van der Waals surface area contributed by atoms with Crippen molar-refractivity contribution < 1.29 is 4.79 Å². The quantitative estimate of drug-likeness (QED) is 0.402. The number of fused-ring (bicyclic) bond motifs is 1. The third kappa shape index (κ3) is 4.72. The third-order valence-electron chi connectivity index (χ3n) is 5.98. The summed E-state index contributed by atoms with van der Waals surface area (Å²) in [6, 6.07) is 20.4. The van der Waals surface area contributed by atoms with E-state index in [1.807, 2.05) is 54.9 Å². The molecule has 2 aromatic heterocycles. The number of rotatable bonds is 8. The normalized spacial score (nSPS) is 11.1. The van der Waals surface area contributed by atoms with E-state index in [0.29, 0.717) is 19.4 Å². The minimum Gasteiger partial charge on any atom is -0.356 e. The van der Waals surface area contributed by atoms with Crippen LogP contribution in [0.5, 0.6) is 0 Å². The molecule has 2 heterocycles. The van der Waals surface area contributed by atoms with Gasteiger partial charge in [-0.3, -0.25) is 4.79 Å². The lowest BCUT2D eigenvalue weighted by molar-refractivity contribution is -0.121. The monoisotopic (exact) mass is 426 g/mol. The number of pyridine rings is 1. The fraction of sp³-hybridized carbons (Fsp3) is 0.296. The van der Waals surface area contributed by atoms with Gasteiger partial charge in [0.15, 0.2) is 5.65 Å². The molecule has 0 radical (unpaired) electrons. The van der Waals surface area contributed by atoms with Gasteiger partial charge in [0.25, 0.3) is 0 Å². The first-order chi connectivity index (χ1) is 15.5. The predicted octanol–water partition coefficient (Wildman–Crippen LogP) is 5.03. The van der Waals surface area contributed by atoms with Gasteiger partial charge in [-0.1, -0.05) is 48.5 Å². The molecular weight excluding hydrogens is 396 g/mol. The van der Waals surface area contributed by atoms with Gasteiger partial charge in [-0.05, 0) is 68.9 Å². The summed E-state index contributed by atoms with van der Waals surface area (Å²) in [5.74, 6) is 0.0914. The zero-order valence-electron chi connectivity index (χ0n) is 19.1. The summed E-state index contributed by atoms with van der Waals surface area (Å²) in [7, 11) is 0. The van der Waals surface area contributed by atoms with Crippen LogP contribution in [0.1, 0.15) is 40.9 Å². The third-order valence-corrected chi connectivity index (χ3v) is 5.98. The molecular formula is C27H30N4O. The Labute approximate surface area is 189 Å². The van der Waals surface area contributed by atoms with Crippen molar-refractivity contribution in [3.05, 3.63) is 88.7 Å². The summed E-state index contributed by atoms with van der Waals surface area (Å²) in [6.07, 6.45) is 3.07. The Kier molecular flexibility index (Phi) is 6.64. The lowest BCUT2D eigenvalue weighted by Crippen LogP contribution is -2.25. The predicted molar refractivity (Wildman–Crippen MR) is 129 cm³/mol. The number of nitrogens with one attached hydrogen (secondary N) is 1. The molecule has 0 unspecified atom stereocenters. The van der Waals surface area contributed by atoms with Gasteiger partial charge in [0.1, 0.15) is 0 Å². The number of hydrogen-bond donors (Lipinski definition) is 1. The van der Waals surface area contributed by atoms with E-state index < -0.39 is 0 Å². The molecule has 2 aromatic carbocycles. The average molecular weight is 427 g/mol. The molecule has 0 atom stereocenters. The standard InChI is InChI=1S/C27H30N4O/c1-19-24(16-17-25(32)28-18-10-13-22-11-6-4-7-12-22)20(2)29-27-26(19)21(3)30-31(27)23-14-8-5-9-15-23/h4-9,11-12,14-15H,10,13,16-18H2,1-3H3,(H,28,32). The summed E-state index contributed by atoms with van der Waals surface area (Å²) >= 11 is 0. The summed E-state index contributed by atoms with van der Waals surface area (Å²) in [5, 5.41) is 8.89. The van der Waals surface area contributed by atoms with Crippen molar-refractivity contribution in [1.82, 2.24) is 20.1 Å². The maximum Gasteiger partial charge on any atom is 0.220 e. The van der Waals surface area contributed by atoms with Crippen molar-refractivity contribution in [3.63, 3.8) is 0 Å². The molecule has 5 nitrogen and oxygen atoms in total. The van der Waals surface area contributed by atoms with Crippen LogP contribution in [0.4, 0.5) is 0 Å². The molecule has 0 aliphatic carbocycles. The Morgan fingerprint density at radius 3 is 2.31 bits per heavy atom. The second kappa shape index (κ2) is 9.77. The number of para-hydroxylation sites is 1. The number of carbonyl (C=O) groups excluding carboxylic acids is 1. The van der Waals surface area contributed by atoms with Gasteiger partial charge in [0, 0.05) is 24.0 Å². The molecule has 0 aliphatic rings. The summed E-state index contributed by atoms with van der Waals surface area (Å²) < 4.78 is 1.91. The van der Waals surface area contributed by atoms with Gasteiger partial charge < -0.3 is 5.32 Å². The van der Waals surface area contributed by atoms with Crippen molar-refractivity contribution >= 4 is 16.9 Å². The number of amides is 1. The van der Waals surface area contributed by atoms with Gasteiger partial charge in [0.05, 0.1) is 11.4 Å². The van der Waals surface area contributed by atoms with E-state index in [1.165, 1.54) is 11.1 Å². The fourth-order valence-electron chi connectivity index (χ4n) is 4.32. The first-order valence-electron chi connectivity index (χ1n) is 11.3. The van der Waals surface area contributed by atoms with Crippen LogP contribution < -0.4 is 5.32 Å². The van der Waals surface area contributed by atoms with Crippen LogP contribution in [-0.2, 0) is 17.6 Å². The van der Waals surface area contributed by atoms with Crippen LogP contribution in [0.2, 0.25) is 0 Å². The highest BCUT2D eigenvalue weighted by atomic mass is 16.1. The minimum atomic E-state index is 0.0914. The van der Waals surface area contributed by atoms with Crippen molar-refractivity contribution in [3.8, 4) is 5.69 Å². The van der Waals surface area contributed by atoms with Gasteiger partial charge in [-0.15, -0.1) is 0 Å². The molecule has 0 fully saturated rings.